The maximum atomic E-state index is 13.7. The molecule has 0 saturated carbocycles. The number of carbonyl (C=O) groups excluding carboxylic acids is 1. The van der Waals surface area contributed by atoms with Crippen molar-refractivity contribution in [3.8, 4) is 11.4 Å². The molecule has 4 rings (SSSR count). The van der Waals surface area contributed by atoms with Gasteiger partial charge in [0, 0.05) is 32.2 Å². The minimum atomic E-state index is -0.456. The van der Waals surface area contributed by atoms with Crippen LogP contribution >= 0.6 is 0 Å². The second-order valence-electron chi connectivity index (χ2n) is 6.37. The molecule has 0 spiro atoms. The molecular weight excluding hydrogens is 363 g/mol. The van der Waals surface area contributed by atoms with E-state index in [2.05, 4.69) is 20.4 Å². The van der Waals surface area contributed by atoms with Crippen molar-refractivity contribution in [2.75, 3.05) is 38.2 Å². The first-order valence-electron chi connectivity index (χ1n) is 8.87. The lowest BCUT2D eigenvalue weighted by Gasteiger charge is -2.36. The third-order valence-corrected chi connectivity index (χ3v) is 4.78. The fraction of sp³-hybridized carbons (Fsp3) is 0.263. The van der Waals surface area contributed by atoms with Crippen molar-refractivity contribution in [1.82, 2.24) is 25.1 Å². The highest BCUT2D eigenvalue weighted by molar-refractivity contribution is 5.98. The van der Waals surface area contributed by atoms with Crippen LogP contribution in [0, 0.1) is 5.82 Å². The Hall–Kier alpha value is -3.49. The summed E-state index contributed by atoms with van der Waals surface area (Å²) in [6.07, 6.45) is 1.34. The number of ether oxygens (including phenoxy) is 1. The summed E-state index contributed by atoms with van der Waals surface area (Å²) in [6.45, 7) is 2.44. The number of halogens is 1. The van der Waals surface area contributed by atoms with E-state index in [4.69, 9.17) is 4.74 Å². The molecule has 3 aromatic rings. The van der Waals surface area contributed by atoms with Crippen LogP contribution in [0.1, 0.15) is 10.4 Å². The summed E-state index contributed by atoms with van der Waals surface area (Å²) in [5.74, 6) is 0.176. The van der Waals surface area contributed by atoms with Gasteiger partial charge in [0.2, 0.25) is 0 Å². The van der Waals surface area contributed by atoms with Gasteiger partial charge >= 0.3 is 0 Å². The van der Waals surface area contributed by atoms with E-state index in [-0.39, 0.29) is 5.91 Å². The molecule has 0 aliphatic carbocycles. The van der Waals surface area contributed by atoms with E-state index in [1.807, 2.05) is 24.3 Å². The number of aromatic nitrogens is 4. The van der Waals surface area contributed by atoms with Gasteiger partial charge in [-0.25, -0.2) is 4.39 Å². The van der Waals surface area contributed by atoms with E-state index in [1.54, 1.807) is 12.0 Å². The second kappa shape index (κ2) is 7.63. The first kappa shape index (κ1) is 17.9. The highest BCUT2D eigenvalue weighted by atomic mass is 19.1. The van der Waals surface area contributed by atoms with E-state index in [0.29, 0.717) is 37.4 Å². The molecule has 1 aliphatic heterocycles. The number of carbonyl (C=O) groups is 1. The van der Waals surface area contributed by atoms with Crippen molar-refractivity contribution in [1.29, 1.82) is 0 Å². The van der Waals surface area contributed by atoms with Gasteiger partial charge in [0.15, 0.2) is 0 Å². The van der Waals surface area contributed by atoms with Crippen LogP contribution in [-0.4, -0.2) is 64.3 Å². The fourth-order valence-electron chi connectivity index (χ4n) is 3.36. The van der Waals surface area contributed by atoms with Gasteiger partial charge in [-0.1, -0.05) is 12.1 Å². The monoisotopic (exact) mass is 382 g/mol. The van der Waals surface area contributed by atoms with Crippen LogP contribution in [0.15, 0.2) is 48.8 Å². The zero-order valence-electron chi connectivity index (χ0n) is 15.3. The van der Waals surface area contributed by atoms with Crippen molar-refractivity contribution in [2.45, 2.75) is 0 Å². The summed E-state index contributed by atoms with van der Waals surface area (Å²) in [4.78, 5) is 17.0. The third kappa shape index (κ3) is 3.38. The van der Waals surface area contributed by atoms with Gasteiger partial charge in [0.25, 0.3) is 5.91 Å². The Bertz CT molecular complexity index is 970. The van der Waals surface area contributed by atoms with Crippen molar-refractivity contribution < 1.29 is 13.9 Å². The molecule has 28 heavy (non-hydrogen) atoms. The number of methoxy groups -OCH3 is 1. The third-order valence-electron chi connectivity index (χ3n) is 4.78. The van der Waals surface area contributed by atoms with Crippen LogP contribution < -0.4 is 9.64 Å². The molecule has 1 fully saturated rings. The number of rotatable bonds is 4. The van der Waals surface area contributed by atoms with Crippen LogP contribution in [0.5, 0.6) is 5.75 Å². The number of para-hydroxylation sites is 2. The second-order valence-corrected chi connectivity index (χ2v) is 6.37. The topological polar surface area (TPSA) is 76.4 Å². The van der Waals surface area contributed by atoms with Gasteiger partial charge in [-0.15, -0.1) is 5.10 Å². The number of benzene rings is 2. The molecule has 1 amide bonds. The molecule has 1 saturated heterocycles. The molecule has 2 aromatic carbocycles. The minimum absolute atomic E-state index is 0.176. The quantitative estimate of drug-likeness (QED) is 0.685. The number of hydrogen-bond acceptors (Lipinski definition) is 6. The Morgan fingerprint density at radius 3 is 2.57 bits per heavy atom. The summed E-state index contributed by atoms with van der Waals surface area (Å²) < 4.78 is 20.5. The Balaban J connectivity index is 1.52. The zero-order valence-corrected chi connectivity index (χ0v) is 15.3. The highest BCUT2D eigenvalue weighted by Crippen LogP contribution is 2.28. The van der Waals surface area contributed by atoms with Crippen molar-refractivity contribution >= 4 is 11.6 Å². The van der Waals surface area contributed by atoms with Gasteiger partial charge < -0.3 is 14.5 Å². The van der Waals surface area contributed by atoms with Gasteiger partial charge in [0.05, 0.1) is 24.0 Å². The van der Waals surface area contributed by atoms with Crippen LogP contribution in [0.3, 0.4) is 0 Å². The number of amides is 1. The first-order valence-corrected chi connectivity index (χ1v) is 8.87. The van der Waals surface area contributed by atoms with E-state index in [9.17, 15) is 9.18 Å². The highest BCUT2D eigenvalue weighted by Gasteiger charge is 2.26. The lowest BCUT2D eigenvalue weighted by molar-refractivity contribution is 0.0746. The minimum Gasteiger partial charge on any atom is -0.495 e. The molecule has 0 unspecified atom stereocenters. The molecular formula is C19H19FN6O2. The van der Waals surface area contributed by atoms with E-state index >= 15 is 0 Å². The summed E-state index contributed by atoms with van der Waals surface area (Å²) in [5, 5.41) is 10.9. The SMILES string of the molecule is COc1ccccc1N1CCN(C(=O)c2ccc(F)cc2-n2cnnn2)CC1. The van der Waals surface area contributed by atoms with E-state index in [1.165, 1.54) is 29.2 Å². The summed E-state index contributed by atoms with van der Waals surface area (Å²) in [6, 6.07) is 11.8. The fourth-order valence-corrected chi connectivity index (χ4v) is 3.36. The van der Waals surface area contributed by atoms with Crippen molar-refractivity contribution in [2.24, 2.45) is 0 Å². The van der Waals surface area contributed by atoms with Crippen molar-refractivity contribution in [3.63, 3.8) is 0 Å². The Labute approximate surface area is 161 Å². The Morgan fingerprint density at radius 2 is 1.86 bits per heavy atom. The number of piperazine rings is 1. The van der Waals surface area contributed by atoms with E-state index < -0.39 is 5.82 Å². The van der Waals surface area contributed by atoms with Crippen molar-refractivity contribution in [3.05, 3.63) is 60.2 Å². The van der Waals surface area contributed by atoms with Crippen LogP contribution in [0.2, 0.25) is 0 Å². The molecule has 144 valence electrons. The molecule has 0 atom stereocenters. The molecule has 0 N–H and O–H groups in total. The molecule has 8 nitrogen and oxygen atoms in total. The van der Waals surface area contributed by atoms with Crippen LogP contribution in [-0.2, 0) is 0 Å². The summed E-state index contributed by atoms with van der Waals surface area (Å²) in [7, 11) is 1.65. The lowest BCUT2D eigenvalue weighted by Crippen LogP contribution is -2.49. The standard InChI is InChI=1S/C19H19FN6O2/c1-28-18-5-3-2-4-16(18)24-8-10-25(11-9-24)19(27)15-7-6-14(20)12-17(15)26-13-21-22-23-26/h2-7,12-13H,8-11H2,1H3. The number of hydrogen-bond donors (Lipinski definition) is 0. The average molecular weight is 382 g/mol. The smallest absolute Gasteiger partial charge is 0.256 e. The molecule has 0 radical (unpaired) electrons. The van der Waals surface area contributed by atoms with Gasteiger partial charge in [-0.2, -0.15) is 4.68 Å². The number of tetrazole rings is 1. The lowest BCUT2D eigenvalue weighted by atomic mass is 10.1. The predicted octanol–water partition coefficient (Wildman–Crippen LogP) is 1.77. The van der Waals surface area contributed by atoms with Crippen LogP contribution in [0.4, 0.5) is 10.1 Å². The maximum absolute atomic E-state index is 13.7. The Morgan fingerprint density at radius 1 is 1.07 bits per heavy atom. The van der Waals surface area contributed by atoms with Crippen LogP contribution in [0.25, 0.3) is 5.69 Å². The largest absolute Gasteiger partial charge is 0.495 e. The molecule has 0 bridgehead atoms. The Kier molecular flexibility index (Phi) is 4.88. The maximum Gasteiger partial charge on any atom is 0.256 e. The molecule has 1 aliphatic rings. The number of anilines is 1. The molecule has 2 heterocycles. The summed E-state index contributed by atoms with van der Waals surface area (Å²) >= 11 is 0. The van der Waals surface area contributed by atoms with Gasteiger partial charge in [0.1, 0.15) is 17.9 Å². The normalized spacial score (nSPS) is 14.2. The predicted molar refractivity (Wildman–Crippen MR) is 100 cm³/mol. The number of nitrogens with zero attached hydrogens (tertiary/aromatic N) is 6. The van der Waals surface area contributed by atoms with Gasteiger partial charge in [-0.05, 0) is 34.7 Å². The molecule has 9 heteroatoms. The van der Waals surface area contributed by atoms with E-state index in [0.717, 1.165) is 11.4 Å². The summed E-state index contributed by atoms with van der Waals surface area (Å²) in [5.41, 5.74) is 1.69. The molecule has 1 aromatic heterocycles. The van der Waals surface area contributed by atoms with Gasteiger partial charge in [-0.3, -0.25) is 4.79 Å². The average Bonchev–Trinajstić information content (AvgIpc) is 3.28. The first-order chi connectivity index (χ1) is 13.7. The zero-order chi connectivity index (χ0) is 19.5.